The van der Waals surface area contributed by atoms with Crippen LogP contribution in [-0.4, -0.2) is 18.9 Å². The standard InChI is InChI=1S/C20H38O3/c1-3-4-5-6-7-8-9-10-11-12-13-16-19(21)17-14-15-18-20(22)23-2/h3-18H2,1-2H3. The summed E-state index contributed by atoms with van der Waals surface area (Å²) in [5, 5.41) is 0. The Balaban J connectivity index is 3.19. The molecule has 0 aliphatic heterocycles. The minimum atomic E-state index is -0.178. The van der Waals surface area contributed by atoms with Gasteiger partial charge < -0.3 is 4.74 Å². The van der Waals surface area contributed by atoms with Gasteiger partial charge in [0.05, 0.1) is 7.11 Å². The van der Waals surface area contributed by atoms with Gasteiger partial charge in [-0.05, 0) is 19.3 Å². The number of rotatable bonds is 17. The smallest absolute Gasteiger partial charge is 0.305 e. The molecule has 0 spiro atoms. The number of Topliss-reactive ketones (excluding diaryl/α,β-unsaturated/α-hetero) is 1. The third-order valence-electron chi connectivity index (χ3n) is 4.37. The summed E-state index contributed by atoms with van der Waals surface area (Å²) in [6.07, 6.45) is 17.8. The van der Waals surface area contributed by atoms with Gasteiger partial charge in [-0.15, -0.1) is 0 Å². The van der Waals surface area contributed by atoms with Crippen LogP contribution in [-0.2, 0) is 14.3 Å². The maximum atomic E-state index is 11.7. The van der Waals surface area contributed by atoms with E-state index in [2.05, 4.69) is 11.7 Å². The summed E-state index contributed by atoms with van der Waals surface area (Å²) in [6, 6.07) is 0. The molecule has 0 fully saturated rings. The fraction of sp³-hybridized carbons (Fsp3) is 0.900. The lowest BCUT2D eigenvalue weighted by molar-refractivity contribution is -0.140. The largest absolute Gasteiger partial charge is 0.469 e. The van der Waals surface area contributed by atoms with E-state index >= 15 is 0 Å². The van der Waals surface area contributed by atoms with E-state index in [0.717, 1.165) is 25.7 Å². The van der Waals surface area contributed by atoms with Crippen molar-refractivity contribution in [2.75, 3.05) is 7.11 Å². The Morgan fingerprint density at radius 2 is 1.00 bits per heavy atom. The molecule has 0 rings (SSSR count). The van der Waals surface area contributed by atoms with Crippen LogP contribution in [0.5, 0.6) is 0 Å². The Labute approximate surface area is 143 Å². The van der Waals surface area contributed by atoms with E-state index in [4.69, 9.17) is 0 Å². The number of ketones is 1. The third-order valence-corrected chi connectivity index (χ3v) is 4.37. The Morgan fingerprint density at radius 3 is 1.48 bits per heavy atom. The highest BCUT2D eigenvalue weighted by atomic mass is 16.5. The average Bonchev–Trinajstić information content (AvgIpc) is 2.56. The highest BCUT2D eigenvalue weighted by molar-refractivity contribution is 5.78. The molecule has 0 unspecified atom stereocenters. The zero-order chi connectivity index (χ0) is 17.2. The fourth-order valence-corrected chi connectivity index (χ4v) is 2.80. The van der Waals surface area contributed by atoms with Crippen molar-refractivity contribution in [3.8, 4) is 0 Å². The molecule has 0 bridgehead atoms. The molecule has 0 radical (unpaired) electrons. The number of hydrogen-bond acceptors (Lipinski definition) is 3. The van der Waals surface area contributed by atoms with Crippen molar-refractivity contribution in [1.82, 2.24) is 0 Å². The summed E-state index contributed by atoms with van der Waals surface area (Å²) >= 11 is 0. The van der Waals surface area contributed by atoms with Gasteiger partial charge in [-0.25, -0.2) is 0 Å². The number of carbonyl (C=O) groups is 2. The van der Waals surface area contributed by atoms with Crippen molar-refractivity contribution in [3.63, 3.8) is 0 Å². The lowest BCUT2D eigenvalue weighted by Gasteiger charge is -2.03. The zero-order valence-corrected chi connectivity index (χ0v) is 15.5. The molecule has 0 aromatic rings. The monoisotopic (exact) mass is 326 g/mol. The molecular weight excluding hydrogens is 288 g/mol. The van der Waals surface area contributed by atoms with Crippen LogP contribution in [0.3, 0.4) is 0 Å². The summed E-state index contributed by atoms with van der Waals surface area (Å²) in [5.74, 6) is 0.175. The van der Waals surface area contributed by atoms with Crippen molar-refractivity contribution in [3.05, 3.63) is 0 Å². The number of carbonyl (C=O) groups excluding carboxylic acids is 2. The molecule has 3 nitrogen and oxygen atoms in total. The van der Waals surface area contributed by atoms with Crippen LogP contribution in [0.1, 0.15) is 110 Å². The lowest BCUT2D eigenvalue weighted by atomic mass is 10.0. The molecule has 136 valence electrons. The second-order valence-electron chi connectivity index (χ2n) is 6.61. The van der Waals surface area contributed by atoms with Gasteiger partial charge in [0.2, 0.25) is 0 Å². The number of hydrogen-bond donors (Lipinski definition) is 0. The van der Waals surface area contributed by atoms with Crippen LogP contribution in [0.25, 0.3) is 0 Å². The van der Waals surface area contributed by atoms with E-state index in [1.54, 1.807) is 0 Å². The van der Waals surface area contributed by atoms with Gasteiger partial charge >= 0.3 is 5.97 Å². The van der Waals surface area contributed by atoms with Crippen LogP contribution in [0.15, 0.2) is 0 Å². The molecule has 0 saturated heterocycles. The molecule has 0 amide bonds. The summed E-state index contributed by atoms with van der Waals surface area (Å²) < 4.78 is 4.58. The number of methoxy groups -OCH3 is 1. The van der Waals surface area contributed by atoms with E-state index < -0.39 is 0 Å². The molecule has 0 saturated carbocycles. The van der Waals surface area contributed by atoms with Crippen LogP contribution in [0, 0.1) is 0 Å². The first-order valence-corrected chi connectivity index (χ1v) is 9.79. The highest BCUT2D eigenvalue weighted by Crippen LogP contribution is 2.13. The summed E-state index contributed by atoms with van der Waals surface area (Å²) in [4.78, 5) is 22.6. The van der Waals surface area contributed by atoms with Crippen molar-refractivity contribution in [2.45, 2.75) is 110 Å². The molecule has 0 N–H and O–H groups in total. The first-order chi connectivity index (χ1) is 11.2. The number of unbranched alkanes of at least 4 members (excludes halogenated alkanes) is 11. The van der Waals surface area contributed by atoms with Gasteiger partial charge in [0.15, 0.2) is 0 Å². The summed E-state index contributed by atoms with van der Waals surface area (Å²) in [6.45, 7) is 2.26. The molecule has 0 heterocycles. The fourth-order valence-electron chi connectivity index (χ4n) is 2.80. The normalized spacial score (nSPS) is 10.7. The first-order valence-electron chi connectivity index (χ1n) is 9.79. The zero-order valence-electron chi connectivity index (χ0n) is 15.5. The van der Waals surface area contributed by atoms with Crippen LogP contribution < -0.4 is 0 Å². The minimum absolute atomic E-state index is 0.178. The lowest BCUT2D eigenvalue weighted by Crippen LogP contribution is -2.01. The Kier molecular flexibility index (Phi) is 16.8. The van der Waals surface area contributed by atoms with Gasteiger partial charge in [0.1, 0.15) is 5.78 Å². The predicted molar refractivity (Wildman–Crippen MR) is 96.6 cm³/mol. The van der Waals surface area contributed by atoms with Crippen LogP contribution in [0.2, 0.25) is 0 Å². The van der Waals surface area contributed by atoms with E-state index in [-0.39, 0.29) is 5.97 Å². The Morgan fingerprint density at radius 1 is 0.609 bits per heavy atom. The van der Waals surface area contributed by atoms with E-state index in [0.29, 0.717) is 18.6 Å². The van der Waals surface area contributed by atoms with E-state index in [1.165, 1.54) is 71.3 Å². The van der Waals surface area contributed by atoms with Crippen molar-refractivity contribution in [2.24, 2.45) is 0 Å². The van der Waals surface area contributed by atoms with Gasteiger partial charge in [-0.1, -0.05) is 71.1 Å². The number of ether oxygens (including phenoxy) is 1. The highest BCUT2D eigenvalue weighted by Gasteiger charge is 2.04. The molecule has 0 atom stereocenters. The van der Waals surface area contributed by atoms with Crippen LogP contribution in [0.4, 0.5) is 0 Å². The van der Waals surface area contributed by atoms with Gasteiger partial charge in [0.25, 0.3) is 0 Å². The van der Waals surface area contributed by atoms with Gasteiger partial charge in [-0.3, -0.25) is 9.59 Å². The molecule has 0 aromatic heterocycles. The second kappa shape index (κ2) is 17.5. The Bertz CT molecular complexity index is 287. The quantitative estimate of drug-likeness (QED) is 0.243. The molecule has 0 aliphatic carbocycles. The van der Waals surface area contributed by atoms with Crippen molar-refractivity contribution in [1.29, 1.82) is 0 Å². The molecule has 3 heteroatoms. The summed E-state index contributed by atoms with van der Waals surface area (Å²) in [5.41, 5.74) is 0. The van der Waals surface area contributed by atoms with Crippen molar-refractivity contribution >= 4 is 11.8 Å². The van der Waals surface area contributed by atoms with E-state index in [1.807, 2.05) is 0 Å². The summed E-state index contributed by atoms with van der Waals surface area (Å²) in [7, 11) is 1.40. The van der Waals surface area contributed by atoms with Crippen molar-refractivity contribution < 1.29 is 14.3 Å². The predicted octanol–water partition coefficient (Wildman–Crippen LogP) is 5.99. The molecule has 23 heavy (non-hydrogen) atoms. The minimum Gasteiger partial charge on any atom is -0.469 e. The van der Waals surface area contributed by atoms with E-state index in [9.17, 15) is 9.59 Å². The Hall–Kier alpha value is -0.860. The van der Waals surface area contributed by atoms with Gasteiger partial charge in [0, 0.05) is 19.3 Å². The topological polar surface area (TPSA) is 43.4 Å². The average molecular weight is 327 g/mol. The second-order valence-corrected chi connectivity index (χ2v) is 6.61. The maximum absolute atomic E-state index is 11.7. The molecule has 0 aliphatic rings. The SMILES string of the molecule is CCCCCCCCCCCCCC(=O)CCCCC(=O)OC. The van der Waals surface area contributed by atoms with Gasteiger partial charge in [-0.2, -0.15) is 0 Å². The number of esters is 1. The van der Waals surface area contributed by atoms with Crippen LogP contribution >= 0.6 is 0 Å². The first kappa shape index (κ1) is 22.1. The maximum Gasteiger partial charge on any atom is 0.305 e. The molecule has 0 aromatic carbocycles. The molecular formula is C20H38O3. The third kappa shape index (κ3) is 17.3.